The SMILES string of the molecule is CCC(C)c1ccc(C(=O)C2CO2)cc1. The summed E-state index contributed by atoms with van der Waals surface area (Å²) in [6, 6.07) is 7.91. The van der Waals surface area contributed by atoms with Crippen LogP contribution in [0.1, 0.15) is 42.1 Å². The van der Waals surface area contributed by atoms with E-state index in [0.29, 0.717) is 12.5 Å². The number of Topliss-reactive ketones (excluding diaryl/α,β-unsaturated/α-hetero) is 1. The number of hydrogen-bond donors (Lipinski definition) is 0. The zero-order chi connectivity index (χ0) is 10.8. The highest BCUT2D eigenvalue weighted by Gasteiger charge is 2.31. The molecule has 2 nitrogen and oxygen atoms in total. The lowest BCUT2D eigenvalue weighted by molar-refractivity contribution is 0.0953. The fourth-order valence-electron chi connectivity index (χ4n) is 1.60. The molecule has 15 heavy (non-hydrogen) atoms. The fourth-order valence-corrected chi connectivity index (χ4v) is 1.60. The maximum Gasteiger partial charge on any atom is 0.193 e. The summed E-state index contributed by atoms with van der Waals surface area (Å²) >= 11 is 0. The first kappa shape index (κ1) is 10.4. The van der Waals surface area contributed by atoms with Crippen molar-refractivity contribution in [1.82, 2.24) is 0 Å². The second-order valence-corrected chi connectivity index (χ2v) is 4.12. The van der Waals surface area contributed by atoms with Crippen molar-refractivity contribution in [3.8, 4) is 0 Å². The number of epoxide rings is 1. The molecule has 0 radical (unpaired) electrons. The van der Waals surface area contributed by atoms with E-state index in [0.717, 1.165) is 12.0 Å². The maximum absolute atomic E-state index is 11.6. The lowest BCUT2D eigenvalue weighted by Gasteiger charge is -2.08. The number of ketones is 1. The largest absolute Gasteiger partial charge is 0.364 e. The average molecular weight is 204 g/mol. The summed E-state index contributed by atoms with van der Waals surface area (Å²) in [4.78, 5) is 11.6. The Morgan fingerprint density at radius 3 is 2.53 bits per heavy atom. The van der Waals surface area contributed by atoms with E-state index in [1.54, 1.807) is 0 Å². The molecule has 1 aromatic rings. The summed E-state index contributed by atoms with van der Waals surface area (Å²) in [5.41, 5.74) is 2.07. The van der Waals surface area contributed by atoms with Gasteiger partial charge in [-0.3, -0.25) is 4.79 Å². The minimum atomic E-state index is -0.167. The molecule has 0 spiro atoms. The Morgan fingerprint density at radius 2 is 2.07 bits per heavy atom. The van der Waals surface area contributed by atoms with E-state index >= 15 is 0 Å². The highest BCUT2D eigenvalue weighted by Crippen LogP contribution is 2.21. The van der Waals surface area contributed by atoms with Gasteiger partial charge >= 0.3 is 0 Å². The predicted molar refractivity (Wildman–Crippen MR) is 59.2 cm³/mol. The molecule has 2 atom stereocenters. The molecule has 0 saturated carbocycles. The first-order valence-corrected chi connectivity index (χ1v) is 5.48. The zero-order valence-electron chi connectivity index (χ0n) is 9.19. The highest BCUT2D eigenvalue weighted by atomic mass is 16.6. The molecule has 0 aromatic heterocycles. The lowest BCUT2D eigenvalue weighted by atomic mass is 9.96. The Bertz CT molecular complexity index is 349. The molecule has 0 aliphatic carbocycles. The van der Waals surface area contributed by atoms with Crippen molar-refractivity contribution in [3.63, 3.8) is 0 Å². The summed E-state index contributed by atoms with van der Waals surface area (Å²) in [5, 5.41) is 0. The number of carbonyl (C=O) groups excluding carboxylic acids is 1. The molecule has 1 aliphatic heterocycles. The number of carbonyl (C=O) groups is 1. The van der Waals surface area contributed by atoms with E-state index in [4.69, 9.17) is 4.74 Å². The molecule has 0 amide bonds. The van der Waals surface area contributed by atoms with Crippen molar-refractivity contribution in [1.29, 1.82) is 0 Å². The van der Waals surface area contributed by atoms with E-state index in [2.05, 4.69) is 13.8 Å². The lowest BCUT2D eigenvalue weighted by Crippen LogP contribution is -2.07. The molecule has 2 heteroatoms. The van der Waals surface area contributed by atoms with Crippen LogP contribution in [0.4, 0.5) is 0 Å². The second kappa shape index (κ2) is 4.15. The van der Waals surface area contributed by atoms with Crippen molar-refractivity contribution in [2.24, 2.45) is 0 Å². The van der Waals surface area contributed by atoms with Crippen LogP contribution >= 0.6 is 0 Å². The van der Waals surface area contributed by atoms with Crippen LogP contribution in [-0.2, 0) is 4.74 Å². The van der Waals surface area contributed by atoms with Gasteiger partial charge < -0.3 is 4.74 Å². The Kier molecular flexibility index (Phi) is 2.87. The topological polar surface area (TPSA) is 29.6 Å². The molecule has 2 rings (SSSR count). The monoisotopic (exact) mass is 204 g/mol. The van der Waals surface area contributed by atoms with Crippen molar-refractivity contribution < 1.29 is 9.53 Å². The minimum absolute atomic E-state index is 0.116. The molecule has 1 fully saturated rings. The van der Waals surface area contributed by atoms with Gasteiger partial charge in [0.15, 0.2) is 5.78 Å². The van der Waals surface area contributed by atoms with Gasteiger partial charge in [-0.05, 0) is 17.9 Å². The van der Waals surface area contributed by atoms with Crippen LogP contribution in [0, 0.1) is 0 Å². The Hall–Kier alpha value is -1.15. The fraction of sp³-hybridized carbons (Fsp3) is 0.462. The van der Waals surface area contributed by atoms with E-state index in [9.17, 15) is 4.79 Å². The van der Waals surface area contributed by atoms with Crippen molar-refractivity contribution in [3.05, 3.63) is 35.4 Å². The van der Waals surface area contributed by atoms with Gasteiger partial charge in [0.05, 0.1) is 6.61 Å². The minimum Gasteiger partial charge on any atom is -0.364 e. The van der Waals surface area contributed by atoms with Gasteiger partial charge in [0.1, 0.15) is 6.10 Å². The molecular formula is C13H16O2. The summed E-state index contributed by atoms with van der Waals surface area (Å²) in [6.45, 7) is 4.95. The first-order chi connectivity index (χ1) is 7.22. The Morgan fingerprint density at radius 1 is 1.47 bits per heavy atom. The van der Waals surface area contributed by atoms with E-state index in [-0.39, 0.29) is 11.9 Å². The molecule has 1 aromatic carbocycles. The summed E-state index contributed by atoms with van der Waals surface area (Å²) < 4.78 is 4.97. The van der Waals surface area contributed by atoms with Crippen LogP contribution in [0.3, 0.4) is 0 Å². The number of hydrogen-bond acceptors (Lipinski definition) is 2. The molecule has 1 heterocycles. The third-order valence-corrected chi connectivity index (χ3v) is 3.00. The molecule has 0 bridgehead atoms. The molecule has 2 unspecified atom stereocenters. The van der Waals surface area contributed by atoms with Gasteiger partial charge in [0.2, 0.25) is 0 Å². The van der Waals surface area contributed by atoms with E-state index in [1.807, 2.05) is 24.3 Å². The van der Waals surface area contributed by atoms with Gasteiger partial charge in [-0.1, -0.05) is 38.1 Å². The summed E-state index contributed by atoms with van der Waals surface area (Å²) in [6.07, 6.45) is 0.957. The van der Waals surface area contributed by atoms with Crippen molar-refractivity contribution in [2.75, 3.05) is 6.61 Å². The Labute approximate surface area is 90.3 Å². The Balaban J connectivity index is 2.12. The third kappa shape index (κ3) is 2.26. The van der Waals surface area contributed by atoms with Gasteiger partial charge in [-0.25, -0.2) is 0 Å². The van der Waals surface area contributed by atoms with Crippen LogP contribution < -0.4 is 0 Å². The third-order valence-electron chi connectivity index (χ3n) is 3.00. The van der Waals surface area contributed by atoms with Crippen LogP contribution in [-0.4, -0.2) is 18.5 Å². The first-order valence-electron chi connectivity index (χ1n) is 5.48. The highest BCUT2D eigenvalue weighted by molar-refractivity contribution is 6.00. The molecule has 80 valence electrons. The maximum atomic E-state index is 11.6. The average Bonchev–Trinajstić information content (AvgIpc) is 3.11. The summed E-state index contributed by atoms with van der Waals surface area (Å²) in [7, 11) is 0. The van der Waals surface area contributed by atoms with Gasteiger partial charge in [-0.2, -0.15) is 0 Å². The second-order valence-electron chi connectivity index (χ2n) is 4.12. The number of ether oxygens (including phenoxy) is 1. The molecule has 0 N–H and O–H groups in total. The number of rotatable bonds is 4. The van der Waals surface area contributed by atoms with Gasteiger partial charge in [0, 0.05) is 5.56 Å². The van der Waals surface area contributed by atoms with Crippen molar-refractivity contribution >= 4 is 5.78 Å². The van der Waals surface area contributed by atoms with Gasteiger partial charge in [0.25, 0.3) is 0 Å². The quantitative estimate of drug-likeness (QED) is 0.557. The van der Waals surface area contributed by atoms with E-state index < -0.39 is 0 Å². The molecule has 1 aliphatic rings. The van der Waals surface area contributed by atoms with Gasteiger partial charge in [-0.15, -0.1) is 0 Å². The molecule has 1 saturated heterocycles. The van der Waals surface area contributed by atoms with Crippen LogP contribution in [0.25, 0.3) is 0 Å². The van der Waals surface area contributed by atoms with E-state index in [1.165, 1.54) is 5.56 Å². The van der Waals surface area contributed by atoms with Crippen molar-refractivity contribution in [2.45, 2.75) is 32.3 Å². The van der Waals surface area contributed by atoms with Crippen LogP contribution in [0.15, 0.2) is 24.3 Å². The standard InChI is InChI=1S/C13H16O2/c1-3-9(2)10-4-6-11(7-5-10)13(14)12-8-15-12/h4-7,9,12H,3,8H2,1-2H3. The normalized spacial score (nSPS) is 21.1. The van der Waals surface area contributed by atoms with Crippen LogP contribution in [0.2, 0.25) is 0 Å². The summed E-state index contributed by atoms with van der Waals surface area (Å²) in [5.74, 6) is 0.678. The predicted octanol–water partition coefficient (Wildman–Crippen LogP) is 2.78. The zero-order valence-corrected chi connectivity index (χ0v) is 9.19. The molecular weight excluding hydrogens is 188 g/mol. The number of benzene rings is 1. The smallest absolute Gasteiger partial charge is 0.193 e. The van der Waals surface area contributed by atoms with Crippen LogP contribution in [0.5, 0.6) is 0 Å².